The fraction of sp³-hybridized carbons (Fsp3) is 1.00. The zero-order valence-electron chi connectivity index (χ0n) is 9.42. The number of likely N-dealkylation sites (N-methyl/N-ethyl adjacent to an activating group) is 1. The molecule has 84 valence electrons. The molecule has 0 bridgehead atoms. The maximum Gasteiger partial charge on any atom is 0.0808 e. The van der Waals surface area contributed by atoms with Crippen LogP contribution >= 0.6 is 0 Å². The van der Waals surface area contributed by atoms with E-state index in [1.807, 2.05) is 0 Å². The Hall–Kier alpha value is -0.120. The molecule has 0 aromatic carbocycles. The molecule has 14 heavy (non-hydrogen) atoms. The van der Waals surface area contributed by atoms with Crippen molar-refractivity contribution in [2.24, 2.45) is 0 Å². The van der Waals surface area contributed by atoms with Gasteiger partial charge in [0.15, 0.2) is 0 Å². The van der Waals surface area contributed by atoms with Gasteiger partial charge in [-0.05, 0) is 32.7 Å². The van der Waals surface area contributed by atoms with Crippen LogP contribution in [0.5, 0.6) is 0 Å². The lowest BCUT2D eigenvalue weighted by atomic mass is 10.1. The van der Waals surface area contributed by atoms with Crippen LogP contribution in [-0.2, 0) is 9.47 Å². The fourth-order valence-electron chi connectivity index (χ4n) is 1.72. The van der Waals surface area contributed by atoms with Crippen molar-refractivity contribution < 1.29 is 9.47 Å². The highest BCUT2D eigenvalue weighted by Crippen LogP contribution is 2.12. The predicted molar refractivity (Wildman–Crippen MR) is 57.5 cm³/mol. The SMILES string of the molecule is CCNC(C)COCC1CCCCO1. The van der Waals surface area contributed by atoms with Gasteiger partial charge in [-0.15, -0.1) is 0 Å². The maximum atomic E-state index is 5.60. The standard InChI is InChI=1S/C11H23NO2/c1-3-12-10(2)8-13-9-11-6-4-5-7-14-11/h10-12H,3-9H2,1-2H3. The third-order valence-electron chi connectivity index (χ3n) is 2.50. The number of hydrogen-bond donors (Lipinski definition) is 1. The molecule has 1 aliphatic heterocycles. The molecule has 0 radical (unpaired) electrons. The van der Waals surface area contributed by atoms with Crippen molar-refractivity contribution in [3.8, 4) is 0 Å². The van der Waals surface area contributed by atoms with Crippen LogP contribution in [0.2, 0.25) is 0 Å². The summed E-state index contributed by atoms with van der Waals surface area (Å²) in [6.45, 7) is 7.72. The first-order valence-electron chi connectivity index (χ1n) is 5.75. The van der Waals surface area contributed by atoms with Crippen LogP contribution in [0, 0.1) is 0 Å². The Morgan fingerprint density at radius 2 is 2.36 bits per heavy atom. The zero-order valence-corrected chi connectivity index (χ0v) is 9.42. The van der Waals surface area contributed by atoms with E-state index in [4.69, 9.17) is 9.47 Å². The second-order valence-electron chi connectivity index (χ2n) is 3.98. The van der Waals surface area contributed by atoms with Crippen LogP contribution in [-0.4, -0.2) is 38.5 Å². The summed E-state index contributed by atoms with van der Waals surface area (Å²) in [6.07, 6.45) is 4.01. The molecule has 1 fully saturated rings. The summed E-state index contributed by atoms with van der Waals surface area (Å²) in [4.78, 5) is 0. The van der Waals surface area contributed by atoms with E-state index in [2.05, 4.69) is 19.2 Å². The largest absolute Gasteiger partial charge is 0.377 e. The van der Waals surface area contributed by atoms with Crippen LogP contribution in [0.3, 0.4) is 0 Å². The van der Waals surface area contributed by atoms with Crippen LogP contribution in [0.1, 0.15) is 33.1 Å². The van der Waals surface area contributed by atoms with Gasteiger partial charge in [0.1, 0.15) is 0 Å². The fourth-order valence-corrected chi connectivity index (χ4v) is 1.72. The van der Waals surface area contributed by atoms with Crippen LogP contribution in [0.25, 0.3) is 0 Å². The Bertz CT molecular complexity index is 135. The highest BCUT2D eigenvalue weighted by atomic mass is 16.5. The minimum absolute atomic E-state index is 0.345. The van der Waals surface area contributed by atoms with Crippen molar-refractivity contribution in [1.29, 1.82) is 0 Å². The molecule has 0 aromatic rings. The summed E-state index contributed by atoms with van der Waals surface area (Å²) in [5.41, 5.74) is 0. The molecule has 1 rings (SSSR count). The first-order chi connectivity index (χ1) is 6.83. The summed E-state index contributed by atoms with van der Waals surface area (Å²) in [5.74, 6) is 0. The molecule has 2 unspecified atom stereocenters. The van der Waals surface area contributed by atoms with Crippen LogP contribution in [0.15, 0.2) is 0 Å². The molecule has 2 atom stereocenters. The normalized spacial score (nSPS) is 24.9. The second-order valence-corrected chi connectivity index (χ2v) is 3.98. The van der Waals surface area contributed by atoms with Gasteiger partial charge < -0.3 is 14.8 Å². The minimum Gasteiger partial charge on any atom is -0.377 e. The molecule has 1 aliphatic rings. The number of nitrogens with one attached hydrogen (secondary N) is 1. The Kier molecular flexibility index (Phi) is 6.15. The van der Waals surface area contributed by atoms with Gasteiger partial charge in [0, 0.05) is 12.6 Å². The van der Waals surface area contributed by atoms with Crippen molar-refractivity contribution in [1.82, 2.24) is 5.32 Å². The van der Waals surface area contributed by atoms with Crippen LogP contribution < -0.4 is 5.32 Å². The number of ether oxygens (including phenoxy) is 2. The Morgan fingerprint density at radius 3 is 3.00 bits per heavy atom. The van der Waals surface area contributed by atoms with E-state index in [9.17, 15) is 0 Å². The summed E-state index contributed by atoms with van der Waals surface area (Å²) < 4.78 is 11.2. The molecular weight excluding hydrogens is 178 g/mol. The molecule has 3 heteroatoms. The summed E-state index contributed by atoms with van der Waals surface area (Å²) >= 11 is 0. The summed E-state index contributed by atoms with van der Waals surface area (Å²) in [6, 6.07) is 0.448. The predicted octanol–water partition coefficient (Wildman–Crippen LogP) is 1.57. The number of hydrogen-bond acceptors (Lipinski definition) is 3. The van der Waals surface area contributed by atoms with E-state index in [0.29, 0.717) is 12.1 Å². The van der Waals surface area contributed by atoms with Gasteiger partial charge in [-0.25, -0.2) is 0 Å². The van der Waals surface area contributed by atoms with Crippen LogP contribution in [0.4, 0.5) is 0 Å². The lowest BCUT2D eigenvalue weighted by Gasteiger charge is -2.23. The molecule has 0 aliphatic carbocycles. The van der Waals surface area contributed by atoms with Gasteiger partial charge in [0.2, 0.25) is 0 Å². The molecule has 0 aromatic heterocycles. The van der Waals surface area contributed by atoms with Crippen molar-refractivity contribution in [3.63, 3.8) is 0 Å². The monoisotopic (exact) mass is 201 g/mol. The minimum atomic E-state index is 0.345. The van der Waals surface area contributed by atoms with E-state index in [1.54, 1.807) is 0 Å². The molecule has 1 saturated heterocycles. The topological polar surface area (TPSA) is 30.5 Å². The van der Waals surface area contributed by atoms with E-state index in [0.717, 1.165) is 32.8 Å². The van der Waals surface area contributed by atoms with Crippen molar-refractivity contribution in [3.05, 3.63) is 0 Å². The van der Waals surface area contributed by atoms with Gasteiger partial charge in [-0.2, -0.15) is 0 Å². The molecular formula is C11H23NO2. The van der Waals surface area contributed by atoms with E-state index in [1.165, 1.54) is 12.8 Å². The molecule has 1 heterocycles. The summed E-state index contributed by atoms with van der Waals surface area (Å²) in [5, 5.41) is 3.32. The lowest BCUT2D eigenvalue weighted by Crippen LogP contribution is -2.32. The van der Waals surface area contributed by atoms with Crippen molar-refractivity contribution in [2.45, 2.75) is 45.3 Å². The lowest BCUT2D eigenvalue weighted by molar-refractivity contribution is -0.0433. The zero-order chi connectivity index (χ0) is 10.2. The Balaban J connectivity index is 1.96. The van der Waals surface area contributed by atoms with Gasteiger partial charge in [0.05, 0.1) is 19.3 Å². The molecule has 0 saturated carbocycles. The maximum absolute atomic E-state index is 5.60. The second kappa shape index (κ2) is 7.21. The van der Waals surface area contributed by atoms with Gasteiger partial charge >= 0.3 is 0 Å². The molecule has 3 nitrogen and oxygen atoms in total. The van der Waals surface area contributed by atoms with Crippen molar-refractivity contribution >= 4 is 0 Å². The highest BCUT2D eigenvalue weighted by molar-refractivity contribution is 4.63. The Morgan fingerprint density at radius 1 is 1.50 bits per heavy atom. The smallest absolute Gasteiger partial charge is 0.0808 e. The quantitative estimate of drug-likeness (QED) is 0.707. The van der Waals surface area contributed by atoms with E-state index in [-0.39, 0.29) is 0 Å². The van der Waals surface area contributed by atoms with E-state index >= 15 is 0 Å². The Labute approximate surface area is 87.2 Å². The van der Waals surface area contributed by atoms with Gasteiger partial charge in [-0.3, -0.25) is 0 Å². The average molecular weight is 201 g/mol. The highest BCUT2D eigenvalue weighted by Gasteiger charge is 2.13. The van der Waals surface area contributed by atoms with Gasteiger partial charge in [-0.1, -0.05) is 6.92 Å². The van der Waals surface area contributed by atoms with E-state index < -0.39 is 0 Å². The van der Waals surface area contributed by atoms with Crippen molar-refractivity contribution in [2.75, 3.05) is 26.4 Å². The number of rotatable bonds is 6. The third kappa shape index (κ3) is 4.94. The summed E-state index contributed by atoms with van der Waals surface area (Å²) in [7, 11) is 0. The first-order valence-corrected chi connectivity index (χ1v) is 5.75. The first kappa shape index (κ1) is 12.0. The molecule has 1 N–H and O–H groups in total. The third-order valence-corrected chi connectivity index (χ3v) is 2.50. The van der Waals surface area contributed by atoms with Gasteiger partial charge in [0.25, 0.3) is 0 Å². The molecule has 0 spiro atoms. The average Bonchev–Trinajstić information content (AvgIpc) is 2.20. The molecule has 0 amide bonds.